The zero-order chi connectivity index (χ0) is 13.7. The highest BCUT2D eigenvalue weighted by molar-refractivity contribution is 7.10. The van der Waals surface area contributed by atoms with E-state index in [1.54, 1.807) is 4.88 Å². The third-order valence-electron chi connectivity index (χ3n) is 4.07. The van der Waals surface area contributed by atoms with Crippen LogP contribution in [0, 0.1) is 5.92 Å². The summed E-state index contributed by atoms with van der Waals surface area (Å²) >= 11 is 1.92. The van der Waals surface area contributed by atoms with Crippen molar-refractivity contribution >= 4 is 11.3 Å². The number of thiophene rings is 1. The molecule has 1 fully saturated rings. The van der Waals surface area contributed by atoms with Crippen molar-refractivity contribution in [2.45, 2.75) is 45.6 Å². The minimum atomic E-state index is 0.666. The van der Waals surface area contributed by atoms with Gasteiger partial charge in [-0.2, -0.15) is 0 Å². The van der Waals surface area contributed by atoms with Crippen molar-refractivity contribution in [3.63, 3.8) is 0 Å². The van der Waals surface area contributed by atoms with Crippen LogP contribution in [0.5, 0.6) is 0 Å². The quantitative estimate of drug-likeness (QED) is 0.857. The summed E-state index contributed by atoms with van der Waals surface area (Å²) in [6, 6.07) is 5.16. The van der Waals surface area contributed by atoms with Crippen molar-refractivity contribution in [3.05, 3.63) is 22.4 Å². The lowest BCUT2D eigenvalue weighted by atomic mass is 9.92. The van der Waals surface area contributed by atoms with Crippen molar-refractivity contribution < 1.29 is 0 Å². The van der Waals surface area contributed by atoms with Gasteiger partial charge in [0.2, 0.25) is 0 Å². The number of nitrogens with zero attached hydrogens (tertiary/aromatic N) is 1. The predicted octanol–water partition coefficient (Wildman–Crippen LogP) is 3.56. The third-order valence-corrected chi connectivity index (χ3v) is 5.11. The van der Waals surface area contributed by atoms with Gasteiger partial charge in [0.05, 0.1) is 0 Å². The van der Waals surface area contributed by atoms with E-state index in [4.69, 9.17) is 0 Å². The lowest BCUT2D eigenvalue weighted by molar-refractivity contribution is 0.179. The lowest BCUT2D eigenvalue weighted by Gasteiger charge is -2.37. The van der Waals surface area contributed by atoms with Crippen molar-refractivity contribution in [2.24, 2.45) is 5.92 Å². The van der Waals surface area contributed by atoms with Crippen LogP contribution in [0.25, 0.3) is 0 Å². The molecule has 0 bridgehead atoms. The number of likely N-dealkylation sites (N-methyl/N-ethyl adjacent to an activating group) is 1. The first-order valence-corrected chi connectivity index (χ1v) is 8.56. The molecule has 1 aromatic heterocycles. The Morgan fingerprint density at radius 2 is 2.26 bits per heavy atom. The molecule has 1 aliphatic heterocycles. The number of likely N-dealkylation sites (tertiary alicyclic amines) is 1. The molecule has 1 N–H and O–H groups in total. The molecular formula is C16H28N2S. The van der Waals surface area contributed by atoms with Crippen molar-refractivity contribution in [2.75, 3.05) is 26.2 Å². The van der Waals surface area contributed by atoms with Gasteiger partial charge in [0, 0.05) is 29.9 Å². The van der Waals surface area contributed by atoms with Gasteiger partial charge >= 0.3 is 0 Å². The van der Waals surface area contributed by atoms with Crippen molar-refractivity contribution in [1.29, 1.82) is 0 Å². The van der Waals surface area contributed by atoms with E-state index in [1.807, 2.05) is 11.3 Å². The molecule has 1 aliphatic rings. The van der Waals surface area contributed by atoms with Gasteiger partial charge in [-0.3, -0.25) is 0 Å². The summed E-state index contributed by atoms with van der Waals surface area (Å²) in [5, 5.41) is 5.98. The summed E-state index contributed by atoms with van der Waals surface area (Å²) < 4.78 is 0. The summed E-state index contributed by atoms with van der Waals surface area (Å²) in [4.78, 5) is 4.16. The lowest BCUT2D eigenvalue weighted by Crippen LogP contribution is -2.48. The minimum Gasteiger partial charge on any atom is -0.313 e. The standard InChI is InChI=1S/C16H28N2S/c1-4-18-11-14(16-6-5-9-19-16)10-15(12-18)17-8-7-13(2)3/h5-6,9,13-15,17H,4,7-8,10-12H2,1-3H3. The molecule has 108 valence electrons. The van der Waals surface area contributed by atoms with E-state index in [0.29, 0.717) is 6.04 Å². The van der Waals surface area contributed by atoms with Crippen LogP contribution >= 0.6 is 11.3 Å². The van der Waals surface area contributed by atoms with Crippen molar-refractivity contribution in [3.8, 4) is 0 Å². The van der Waals surface area contributed by atoms with E-state index in [-0.39, 0.29) is 0 Å². The van der Waals surface area contributed by atoms with Gasteiger partial charge in [0.15, 0.2) is 0 Å². The zero-order valence-corrected chi connectivity index (χ0v) is 13.4. The maximum Gasteiger partial charge on any atom is 0.0201 e. The SMILES string of the molecule is CCN1CC(NCCC(C)C)CC(c2cccs2)C1. The van der Waals surface area contributed by atoms with Crippen LogP contribution in [0.2, 0.25) is 0 Å². The number of hydrogen-bond acceptors (Lipinski definition) is 3. The Labute approximate surface area is 122 Å². The molecule has 2 unspecified atom stereocenters. The fourth-order valence-corrected chi connectivity index (χ4v) is 3.74. The average Bonchev–Trinajstić information content (AvgIpc) is 2.92. The molecule has 0 radical (unpaired) electrons. The molecule has 3 heteroatoms. The molecule has 1 aromatic rings. The highest BCUT2D eigenvalue weighted by Gasteiger charge is 2.27. The van der Waals surface area contributed by atoms with Gasteiger partial charge in [-0.25, -0.2) is 0 Å². The van der Waals surface area contributed by atoms with Gasteiger partial charge in [-0.05, 0) is 43.3 Å². The predicted molar refractivity (Wildman–Crippen MR) is 85.0 cm³/mol. The Morgan fingerprint density at radius 3 is 2.89 bits per heavy atom. The number of rotatable bonds is 6. The topological polar surface area (TPSA) is 15.3 Å². The summed E-state index contributed by atoms with van der Waals surface area (Å²) in [6.07, 6.45) is 2.58. The van der Waals surface area contributed by atoms with Crippen LogP contribution in [0.4, 0.5) is 0 Å². The summed E-state index contributed by atoms with van der Waals surface area (Å²) in [7, 11) is 0. The average molecular weight is 280 g/mol. The first kappa shape index (κ1) is 15.0. The monoisotopic (exact) mass is 280 g/mol. The van der Waals surface area contributed by atoms with Gasteiger partial charge in [0.1, 0.15) is 0 Å². The van der Waals surface area contributed by atoms with Gasteiger partial charge in [0.25, 0.3) is 0 Å². The second kappa shape index (κ2) is 7.41. The Balaban J connectivity index is 1.89. The molecule has 2 nitrogen and oxygen atoms in total. The molecule has 2 rings (SSSR count). The number of piperidine rings is 1. The Bertz CT molecular complexity index is 348. The molecule has 0 saturated carbocycles. The molecule has 2 heterocycles. The largest absolute Gasteiger partial charge is 0.313 e. The van der Waals surface area contributed by atoms with Crippen LogP contribution in [0.15, 0.2) is 17.5 Å². The number of nitrogens with one attached hydrogen (secondary N) is 1. The first-order chi connectivity index (χ1) is 9.19. The molecular weight excluding hydrogens is 252 g/mol. The highest BCUT2D eigenvalue weighted by atomic mass is 32.1. The van der Waals surface area contributed by atoms with E-state index in [2.05, 4.69) is 48.5 Å². The molecule has 0 aromatic carbocycles. The smallest absolute Gasteiger partial charge is 0.0201 e. The maximum absolute atomic E-state index is 3.77. The third kappa shape index (κ3) is 4.59. The molecule has 2 atom stereocenters. The van der Waals surface area contributed by atoms with E-state index in [1.165, 1.54) is 32.5 Å². The maximum atomic E-state index is 3.77. The van der Waals surface area contributed by atoms with E-state index in [0.717, 1.165) is 18.4 Å². The van der Waals surface area contributed by atoms with Crippen LogP contribution in [-0.2, 0) is 0 Å². The van der Waals surface area contributed by atoms with Crippen LogP contribution in [0.1, 0.15) is 44.4 Å². The second-order valence-electron chi connectivity index (χ2n) is 6.13. The Hall–Kier alpha value is -0.380. The molecule has 1 saturated heterocycles. The molecule has 0 amide bonds. The fourth-order valence-electron chi connectivity index (χ4n) is 2.90. The van der Waals surface area contributed by atoms with Crippen LogP contribution in [-0.4, -0.2) is 37.1 Å². The van der Waals surface area contributed by atoms with Crippen LogP contribution < -0.4 is 5.32 Å². The fraction of sp³-hybridized carbons (Fsp3) is 0.750. The normalized spacial score (nSPS) is 25.1. The van der Waals surface area contributed by atoms with Gasteiger partial charge in [-0.15, -0.1) is 11.3 Å². The summed E-state index contributed by atoms with van der Waals surface area (Å²) in [5.74, 6) is 1.52. The second-order valence-corrected chi connectivity index (χ2v) is 7.11. The first-order valence-electron chi connectivity index (χ1n) is 7.68. The minimum absolute atomic E-state index is 0.666. The Kier molecular flexibility index (Phi) is 5.86. The molecule has 0 aliphatic carbocycles. The molecule has 0 spiro atoms. The summed E-state index contributed by atoms with van der Waals surface area (Å²) in [6.45, 7) is 11.7. The zero-order valence-electron chi connectivity index (χ0n) is 12.6. The highest BCUT2D eigenvalue weighted by Crippen LogP contribution is 2.30. The van der Waals surface area contributed by atoms with Crippen molar-refractivity contribution in [1.82, 2.24) is 10.2 Å². The van der Waals surface area contributed by atoms with E-state index >= 15 is 0 Å². The van der Waals surface area contributed by atoms with Gasteiger partial charge < -0.3 is 10.2 Å². The Morgan fingerprint density at radius 1 is 1.42 bits per heavy atom. The van der Waals surface area contributed by atoms with E-state index in [9.17, 15) is 0 Å². The number of hydrogen-bond donors (Lipinski definition) is 1. The van der Waals surface area contributed by atoms with Gasteiger partial charge in [-0.1, -0.05) is 26.8 Å². The van der Waals surface area contributed by atoms with E-state index < -0.39 is 0 Å². The summed E-state index contributed by atoms with van der Waals surface area (Å²) in [5.41, 5.74) is 0. The van der Waals surface area contributed by atoms with Crippen LogP contribution in [0.3, 0.4) is 0 Å². The molecule has 19 heavy (non-hydrogen) atoms.